The van der Waals surface area contributed by atoms with Gasteiger partial charge in [-0.2, -0.15) is 0 Å². The molecule has 166 valence electrons. The predicted molar refractivity (Wildman–Crippen MR) is 118 cm³/mol. The molecule has 1 aliphatic heterocycles. The number of carbonyl (C=O) groups is 3. The molecule has 0 aliphatic carbocycles. The highest BCUT2D eigenvalue weighted by Crippen LogP contribution is 2.28. The molecule has 2 aromatic carbocycles. The fourth-order valence-corrected chi connectivity index (χ4v) is 3.81. The monoisotopic (exact) mass is 435 g/mol. The Kier molecular flexibility index (Phi) is 5.94. The normalized spacial score (nSPS) is 14.1. The molecule has 0 bridgehead atoms. The van der Waals surface area contributed by atoms with Crippen LogP contribution < -0.4 is 0 Å². The number of hydrogen-bond donors (Lipinski definition) is 0. The zero-order chi connectivity index (χ0) is 22.8. The van der Waals surface area contributed by atoms with E-state index in [1.165, 1.54) is 7.11 Å². The van der Waals surface area contributed by atoms with E-state index in [1.54, 1.807) is 47.4 Å². The summed E-state index contributed by atoms with van der Waals surface area (Å²) in [5.41, 5.74) is 2.32. The average molecular weight is 435 g/mol. The number of ether oxygens (including phenoxy) is 1. The van der Waals surface area contributed by atoms with Crippen molar-refractivity contribution in [1.82, 2.24) is 14.8 Å². The van der Waals surface area contributed by atoms with Crippen molar-refractivity contribution in [1.29, 1.82) is 0 Å². The van der Waals surface area contributed by atoms with Crippen LogP contribution in [0.2, 0.25) is 0 Å². The lowest BCUT2D eigenvalue weighted by Gasteiger charge is -2.35. The first-order chi connectivity index (χ1) is 15.4. The molecule has 1 aromatic heterocycles. The quantitative estimate of drug-likeness (QED) is 0.584. The van der Waals surface area contributed by atoms with Crippen LogP contribution in [0.1, 0.15) is 34.6 Å². The molecule has 1 saturated heterocycles. The molecule has 0 unspecified atom stereocenters. The number of methoxy groups -OCH3 is 1. The summed E-state index contributed by atoms with van der Waals surface area (Å²) in [6, 6.07) is 12.1. The molecule has 0 saturated carbocycles. The summed E-state index contributed by atoms with van der Waals surface area (Å²) in [6.07, 6.45) is 0. The number of oxazole rings is 1. The van der Waals surface area contributed by atoms with E-state index in [0.717, 1.165) is 0 Å². The predicted octanol–water partition coefficient (Wildman–Crippen LogP) is 3.22. The number of aromatic nitrogens is 1. The lowest BCUT2D eigenvalue weighted by atomic mass is 10.1. The van der Waals surface area contributed by atoms with Crippen molar-refractivity contribution in [2.75, 3.05) is 33.3 Å². The van der Waals surface area contributed by atoms with Gasteiger partial charge in [0.1, 0.15) is 11.1 Å². The van der Waals surface area contributed by atoms with Gasteiger partial charge in [-0.3, -0.25) is 9.59 Å². The van der Waals surface area contributed by atoms with E-state index < -0.39 is 5.97 Å². The van der Waals surface area contributed by atoms with Gasteiger partial charge in [-0.05, 0) is 30.3 Å². The largest absolute Gasteiger partial charge is 0.465 e. The van der Waals surface area contributed by atoms with E-state index in [2.05, 4.69) is 4.98 Å². The third kappa shape index (κ3) is 4.08. The molecule has 0 N–H and O–H groups in total. The number of amides is 2. The Labute approximate surface area is 185 Å². The molecule has 8 nitrogen and oxygen atoms in total. The average Bonchev–Trinajstić information content (AvgIpc) is 3.27. The molecule has 4 rings (SSSR count). The van der Waals surface area contributed by atoms with E-state index in [0.29, 0.717) is 59.9 Å². The van der Waals surface area contributed by atoms with Crippen LogP contribution in [0.5, 0.6) is 0 Å². The maximum absolute atomic E-state index is 13.1. The summed E-state index contributed by atoms with van der Waals surface area (Å²) in [5.74, 6) is -0.225. The fourth-order valence-electron chi connectivity index (χ4n) is 3.81. The maximum atomic E-state index is 13.1. The first-order valence-electron chi connectivity index (χ1n) is 10.6. The van der Waals surface area contributed by atoms with E-state index in [1.807, 2.05) is 18.7 Å². The maximum Gasteiger partial charge on any atom is 0.341 e. The SMILES string of the molecule is COC(=O)c1cccc2nc(-c3cccc(C(=O)N4CCN(C(=O)C(C)C)CC4)c3)oc12. The van der Waals surface area contributed by atoms with Crippen molar-refractivity contribution >= 4 is 28.9 Å². The van der Waals surface area contributed by atoms with Crippen molar-refractivity contribution in [2.45, 2.75) is 13.8 Å². The van der Waals surface area contributed by atoms with Crippen LogP contribution >= 0.6 is 0 Å². The van der Waals surface area contributed by atoms with Crippen LogP contribution in [0.25, 0.3) is 22.6 Å². The number of para-hydroxylation sites is 1. The van der Waals surface area contributed by atoms with E-state index >= 15 is 0 Å². The molecule has 0 spiro atoms. The van der Waals surface area contributed by atoms with Crippen molar-refractivity contribution in [2.24, 2.45) is 5.92 Å². The second kappa shape index (κ2) is 8.82. The number of benzene rings is 2. The lowest BCUT2D eigenvalue weighted by Crippen LogP contribution is -2.51. The van der Waals surface area contributed by atoms with Crippen LogP contribution in [-0.4, -0.2) is 65.9 Å². The van der Waals surface area contributed by atoms with Crippen molar-refractivity contribution in [3.63, 3.8) is 0 Å². The van der Waals surface area contributed by atoms with Gasteiger partial charge < -0.3 is 19.0 Å². The number of nitrogens with zero attached hydrogens (tertiary/aromatic N) is 3. The molecular weight excluding hydrogens is 410 g/mol. The number of esters is 1. The highest BCUT2D eigenvalue weighted by molar-refractivity contribution is 6.01. The van der Waals surface area contributed by atoms with Crippen LogP contribution in [-0.2, 0) is 9.53 Å². The summed E-state index contributed by atoms with van der Waals surface area (Å²) in [5, 5.41) is 0. The minimum absolute atomic E-state index is 0.0510. The first kappa shape index (κ1) is 21.5. The number of rotatable bonds is 4. The van der Waals surface area contributed by atoms with Crippen molar-refractivity contribution < 1.29 is 23.5 Å². The molecular formula is C24H25N3O5. The highest BCUT2D eigenvalue weighted by atomic mass is 16.5. The minimum atomic E-state index is -0.502. The summed E-state index contributed by atoms with van der Waals surface area (Å²) < 4.78 is 10.7. The number of carbonyl (C=O) groups excluding carboxylic acids is 3. The van der Waals surface area contributed by atoms with Gasteiger partial charge in [-0.1, -0.05) is 26.0 Å². The van der Waals surface area contributed by atoms with E-state index in [4.69, 9.17) is 9.15 Å². The van der Waals surface area contributed by atoms with E-state index in [-0.39, 0.29) is 17.7 Å². The van der Waals surface area contributed by atoms with Crippen molar-refractivity contribution in [3.8, 4) is 11.5 Å². The Morgan fingerprint density at radius 1 is 1.00 bits per heavy atom. The minimum Gasteiger partial charge on any atom is -0.465 e. The van der Waals surface area contributed by atoms with Gasteiger partial charge in [0.2, 0.25) is 11.8 Å². The molecule has 3 aromatic rings. The second-order valence-electron chi connectivity index (χ2n) is 8.02. The number of piperazine rings is 1. The molecule has 1 aliphatic rings. The molecule has 0 radical (unpaired) electrons. The number of fused-ring (bicyclic) bond motifs is 1. The second-order valence-corrected chi connectivity index (χ2v) is 8.02. The Morgan fingerprint density at radius 2 is 1.69 bits per heavy atom. The summed E-state index contributed by atoms with van der Waals surface area (Å²) in [4.78, 5) is 45.3. The third-order valence-corrected chi connectivity index (χ3v) is 5.55. The Balaban J connectivity index is 1.55. The molecule has 1 fully saturated rings. The zero-order valence-corrected chi connectivity index (χ0v) is 18.3. The van der Waals surface area contributed by atoms with Crippen LogP contribution in [0.4, 0.5) is 0 Å². The molecule has 8 heteroatoms. The zero-order valence-electron chi connectivity index (χ0n) is 18.3. The third-order valence-electron chi connectivity index (χ3n) is 5.55. The Hall–Kier alpha value is -3.68. The van der Waals surface area contributed by atoms with Crippen molar-refractivity contribution in [3.05, 3.63) is 53.6 Å². The topological polar surface area (TPSA) is 93.0 Å². The van der Waals surface area contributed by atoms with Gasteiger partial charge in [0, 0.05) is 43.2 Å². The van der Waals surface area contributed by atoms with Crippen LogP contribution in [0.15, 0.2) is 46.9 Å². The van der Waals surface area contributed by atoms with Gasteiger partial charge in [0.15, 0.2) is 5.58 Å². The highest BCUT2D eigenvalue weighted by Gasteiger charge is 2.26. The standard InChI is InChI=1S/C24H25N3O5/c1-15(2)22(28)26-10-12-27(13-11-26)23(29)17-7-4-6-16(14-17)21-25-19-9-5-8-18(20(19)32-21)24(30)31-3/h4-9,14-15H,10-13H2,1-3H3. The van der Waals surface area contributed by atoms with Gasteiger partial charge >= 0.3 is 5.97 Å². The molecule has 0 atom stereocenters. The molecule has 2 heterocycles. The molecule has 32 heavy (non-hydrogen) atoms. The van der Waals surface area contributed by atoms with Gasteiger partial charge in [0.05, 0.1) is 7.11 Å². The smallest absolute Gasteiger partial charge is 0.341 e. The molecule has 2 amide bonds. The first-order valence-corrected chi connectivity index (χ1v) is 10.6. The van der Waals surface area contributed by atoms with Gasteiger partial charge in [-0.25, -0.2) is 9.78 Å². The Morgan fingerprint density at radius 3 is 2.38 bits per heavy atom. The summed E-state index contributed by atoms with van der Waals surface area (Å²) >= 11 is 0. The Bertz CT molecular complexity index is 1180. The summed E-state index contributed by atoms with van der Waals surface area (Å²) in [7, 11) is 1.31. The lowest BCUT2D eigenvalue weighted by molar-refractivity contribution is -0.135. The number of hydrogen-bond acceptors (Lipinski definition) is 6. The summed E-state index contributed by atoms with van der Waals surface area (Å²) in [6.45, 7) is 5.81. The van der Waals surface area contributed by atoms with Crippen LogP contribution in [0, 0.1) is 5.92 Å². The van der Waals surface area contributed by atoms with E-state index in [9.17, 15) is 14.4 Å². The van der Waals surface area contributed by atoms with Gasteiger partial charge in [0.25, 0.3) is 5.91 Å². The fraction of sp³-hybridized carbons (Fsp3) is 0.333. The van der Waals surface area contributed by atoms with Gasteiger partial charge in [-0.15, -0.1) is 0 Å². The van der Waals surface area contributed by atoms with Crippen LogP contribution in [0.3, 0.4) is 0 Å².